The highest BCUT2D eigenvalue weighted by molar-refractivity contribution is 5.06. The summed E-state index contributed by atoms with van der Waals surface area (Å²) in [5.41, 5.74) is 7.78. The van der Waals surface area contributed by atoms with Gasteiger partial charge in [0, 0.05) is 18.8 Å². The summed E-state index contributed by atoms with van der Waals surface area (Å²) < 4.78 is 1.86. The molecular weight excluding hydrogens is 186 g/mol. The molecule has 1 saturated carbocycles. The molecule has 3 heteroatoms. The van der Waals surface area contributed by atoms with Crippen LogP contribution < -0.4 is 5.73 Å². The van der Waals surface area contributed by atoms with Gasteiger partial charge in [-0.2, -0.15) is 5.10 Å². The summed E-state index contributed by atoms with van der Waals surface area (Å²) in [5, 5.41) is 4.18. The van der Waals surface area contributed by atoms with Crippen LogP contribution >= 0.6 is 0 Å². The summed E-state index contributed by atoms with van der Waals surface area (Å²) in [5.74, 6) is 0.809. The molecule has 2 atom stereocenters. The Labute approximate surface area is 91.7 Å². The largest absolute Gasteiger partial charge is 0.325 e. The summed E-state index contributed by atoms with van der Waals surface area (Å²) in [6, 6.07) is 0. The molecule has 2 unspecified atom stereocenters. The summed E-state index contributed by atoms with van der Waals surface area (Å²) >= 11 is 0. The molecule has 1 aliphatic carbocycles. The molecule has 0 amide bonds. The topological polar surface area (TPSA) is 43.8 Å². The van der Waals surface area contributed by atoms with E-state index < -0.39 is 0 Å². The van der Waals surface area contributed by atoms with Gasteiger partial charge in [-0.3, -0.25) is 4.68 Å². The van der Waals surface area contributed by atoms with Crippen LogP contribution in [0.15, 0.2) is 12.4 Å². The van der Waals surface area contributed by atoms with Crippen molar-refractivity contribution in [3.8, 4) is 0 Å². The van der Waals surface area contributed by atoms with Crippen molar-refractivity contribution >= 4 is 0 Å². The molecule has 0 spiro atoms. The van der Waals surface area contributed by atoms with Gasteiger partial charge in [0.2, 0.25) is 0 Å². The van der Waals surface area contributed by atoms with E-state index in [0.717, 1.165) is 18.8 Å². The van der Waals surface area contributed by atoms with Gasteiger partial charge in [0.1, 0.15) is 0 Å². The first kappa shape index (κ1) is 10.7. The fourth-order valence-corrected chi connectivity index (χ4v) is 2.65. The second-order valence-electron chi connectivity index (χ2n) is 5.23. The first-order valence-corrected chi connectivity index (χ1v) is 5.84. The van der Waals surface area contributed by atoms with Gasteiger partial charge in [-0.15, -0.1) is 0 Å². The third-order valence-corrected chi connectivity index (χ3v) is 3.56. The van der Waals surface area contributed by atoms with Crippen molar-refractivity contribution in [3.63, 3.8) is 0 Å². The van der Waals surface area contributed by atoms with Gasteiger partial charge in [-0.05, 0) is 43.6 Å². The standard InChI is InChI=1S/C12H21N3/c1-10-3-5-12(13,7-10)6-4-11-8-14-15(2)9-11/h8-10H,3-7,13H2,1-2H3. The normalized spacial score (nSPS) is 31.0. The zero-order valence-corrected chi connectivity index (χ0v) is 9.74. The lowest BCUT2D eigenvalue weighted by molar-refractivity contribution is 0.391. The van der Waals surface area contributed by atoms with Crippen molar-refractivity contribution in [2.24, 2.45) is 18.7 Å². The van der Waals surface area contributed by atoms with E-state index in [1.165, 1.54) is 24.8 Å². The van der Waals surface area contributed by atoms with Crippen molar-refractivity contribution in [1.82, 2.24) is 9.78 Å². The van der Waals surface area contributed by atoms with Crippen molar-refractivity contribution in [2.75, 3.05) is 0 Å². The lowest BCUT2D eigenvalue weighted by atomic mass is 9.90. The SMILES string of the molecule is CC1CCC(N)(CCc2cnn(C)c2)C1. The lowest BCUT2D eigenvalue weighted by Gasteiger charge is -2.23. The molecule has 1 fully saturated rings. The number of nitrogens with zero attached hydrogens (tertiary/aromatic N) is 2. The van der Waals surface area contributed by atoms with Crippen LogP contribution in [0.25, 0.3) is 0 Å². The van der Waals surface area contributed by atoms with Crippen LogP contribution in [-0.4, -0.2) is 15.3 Å². The van der Waals surface area contributed by atoms with Gasteiger partial charge in [0.25, 0.3) is 0 Å². The Morgan fingerprint density at radius 3 is 3.00 bits per heavy atom. The van der Waals surface area contributed by atoms with Crippen molar-refractivity contribution in [2.45, 2.75) is 44.6 Å². The average molecular weight is 207 g/mol. The Balaban J connectivity index is 1.88. The van der Waals surface area contributed by atoms with E-state index in [4.69, 9.17) is 5.73 Å². The number of aryl methyl sites for hydroxylation is 2. The summed E-state index contributed by atoms with van der Waals surface area (Å²) in [6.45, 7) is 2.30. The molecule has 1 heterocycles. The van der Waals surface area contributed by atoms with Gasteiger partial charge in [0.05, 0.1) is 6.20 Å². The first-order chi connectivity index (χ1) is 7.07. The predicted octanol–water partition coefficient (Wildman–Crippen LogP) is 1.87. The van der Waals surface area contributed by atoms with Gasteiger partial charge >= 0.3 is 0 Å². The molecule has 2 rings (SSSR count). The van der Waals surface area contributed by atoms with Gasteiger partial charge < -0.3 is 5.73 Å². The highest BCUT2D eigenvalue weighted by atomic mass is 15.2. The quantitative estimate of drug-likeness (QED) is 0.822. The van der Waals surface area contributed by atoms with Gasteiger partial charge in [0.15, 0.2) is 0 Å². The molecule has 1 aromatic rings. The summed E-state index contributed by atoms with van der Waals surface area (Å²) in [6.07, 6.45) is 9.87. The van der Waals surface area contributed by atoms with Crippen LogP contribution in [0.1, 0.15) is 38.2 Å². The molecule has 1 aliphatic rings. The monoisotopic (exact) mass is 207 g/mol. The van der Waals surface area contributed by atoms with Crippen molar-refractivity contribution in [3.05, 3.63) is 18.0 Å². The number of aromatic nitrogens is 2. The Kier molecular flexibility index (Phi) is 2.83. The second-order valence-corrected chi connectivity index (χ2v) is 5.23. The van der Waals surface area contributed by atoms with Crippen LogP contribution in [-0.2, 0) is 13.5 Å². The fourth-order valence-electron chi connectivity index (χ4n) is 2.65. The number of hydrogen-bond donors (Lipinski definition) is 1. The number of nitrogens with two attached hydrogens (primary N) is 1. The third-order valence-electron chi connectivity index (χ3n) is 3.56. The molecule has 0 aromatic carbocycles. The second kappa shape index (κ2) is 3.97. The van der Waals surface area contributed by atoms with E-state index in [9.17, 15) is 0 Å². The average Bonchev–Trinajstić information content (AvgIpc) is 2.71. The minimum atomic E-state index is 0.0925. The van der Waals surface area contributed by atoms with Crippen LogP contribution in [0.4, 0.5) is 0 Å². The molecule has 84 valence electrons. The molecule has 2 N–H and O–H groups in total. The van der Waals surface area contributed by atoms with Crippen molar-refractivity contribution < 1.29 is 0 Å². The Morgan fingerprint density at radius 2 is 2.47 bits per heavy atom. The zero-order valence-electron chi connectivity index (χ0n) is 9.74. The van der Waals surface area contributed by atoms with E-state index in [2.05, 4.69) is 18.2 Å². The summed E-state index contributed by atoms with van der Waals surface area (Å²) in [4.78, 5) is 0. The molecular formula is C12H21N3. The molecule has 0 radical (unpaired) electrons. The first-order valence-electron chi connectivity index (χ1n) is 5.84. The predicted molar refractivity (Wildman–Crippen MR) is 61.5 cm³/mol. The van der Waals surface area contributed by atoms with Crippen LogP contribution in [0.3, 0.4) is 0 Å². The van der Waals surface area contributed by atoms with E-state index in [1.54, 1.807) is 0 Å². The molecule has 0 bridgehead atoms. The van der Waals surface area contributed by atoms with E-state index in [-0.39, 0.29) is 5.54 Å². The molecule has 0 saturated heterocycles. The van der Waals surface area contributed by atoms with Crippen LogP contribution in [0, 0.1) is 5.92 Å². The fraction of sp³-hybridized carbons (Fsp3) is 0.750. The van der Waals surface area contributed by atoms with E-state index in [1.807, 2.05) is 17.9 Å². The highest BCUT2D eigenvalue weighted by Crippen LogP contribution is 2.35. The maximum absolute atomic E-state index is 6.38. The Hall–Kier alpha value is -0.830. The van der Waals surface area contributed by atoms with E-state index in [0.29, 0.717) is 0 Å². The molecule has 3 nitrogen and oxygen atoms in total. The third kappa shape index (κ3) is 2.59. The van der Waals surface area contributed by atoms with Crippen molar-refractivity contribution in [1.29, 1.82) is 0 Å². The minimum absolute atomic E-state index is 0.0925. The lowest BCUT2D eigenvalue weighted by Crippen LogP contribution is -2.37. The van der Waals surface area contributed by atoms with Crippen LogP contribution in [0.2, 0.25) is 0 Å². The maximum Gasteiger partial charge on any atom is 0.0521 e. The minimum Gasteiger partial charge on any atom is -0.325 e. The summed E-state index contributed by atoms with van der Waals surface area (Å²) in [7, 11) is 1.96. The van der Waals surface area contributed by atoms with E-state index >= 15 is 0 Å². The smallest absolute Gasteiger partial charge is 0.0521 e. The number of hydrogen-bond acceptors (Lipinski definition) is 2. The molecule has 0 aliphatic heterocycles. The highest BCUT2D eigenvalue weighted by Gasteiger charge is 2.32. The Bertz CT molecular complexity index is 331. The maximum atomic E-state index is 6.38. The van der Waals surface area contributed by atoms with Gasteiger partial charge in [-0.1, -0.05) is 6.92 Å². The molecule has 15 heavy (non-hydrogen) atoms. The molecule has 1 aromatic heterocycles. The van der Waals surface area contributed by atoms with Crippen LogP contribution in [0.5, 0.6) is 0 Å². The Morgan fingerprint density at radius 1 is 1.67 bits per heavy atom. The zero-order chi connectivity index (χ0) is 10.9. The number of rotatable bonds is 3. The van der Waals surface area contributed by atoms with Gasteiger partial charge in [-0.25, -0.2) is 0 Å².